The van der Waals surface area contributed by atoms with Crippen LogP contribution in [0.5, 0.6) is 0 Å². The molecule has 0 bridgehead atoms. The fourth-order valence-corrected chi connectivity index (χ4v) is 3.03. The summed E-state index contributed by atoms with van der Waals surface area (Å²) in [5.41, 5.74) is 7.45. The number of rotatable bonds is 3. The van der Waals surface area contributed by atoms with Crippen molar-refractivity contribution in [2.24, 2.45) is 0 Å². The summed E-state index contributed by atoms with van der Waals surface area (Å²) in [6, 6.07) is 4.90. The first-order valence-electron chi connectivity index (χ1n) is 5.77. The molecule has 2 heterocycles. The van der Waals surface area contributed by atoms with Gasteiger partial charge in [-0.25, -0.2) is 13.1 Å². The highest BCUT2D eigenvalue weighted by molar-refractivity contribution is 7.93. The normalized spacial score (nSPS) is 11.8. The van der Waals surface area contributed by atoms with Gasteiger partial charge in [-0.15, -0.1) is 0 Å². The van der Waals surface area contributed by atoms with Crippen molar-refractivity contribution < 1.29 is 12.8 Å². The minimum Gasteiger partial charge on any atom is -0.431 e. The molecule has 7 nitrogen and oxygen atoms in total. The van der Waals surface area contributed by atoms with Crippen molar-refractivity contribution in [1.29, 1.82) is 0 Å². The van der Waals surface area contributed by atoms with Crippen molar-refractivity contribution in [1.82, 2.24) is 9.97 Å². The van der Waals surface area contributed by atoms with Crippen molar-refractivity contribution in [3.63, 3.8) is 0 Å². The molecule has 3 rings (SSSR count). The van der Waals surface area contributed by atoms with Crippen LogP contribution in [0.4, 0.5) is 11.7 Å². The molecule has 2 aromatic heterocycles. The molecule has 0 saturated heterocycles. The number of nitrogens with zero attached hydrogens (tertiary/aromatic N) is 1. The number of oxazole rings is 1. The summed E-state index contributed by atoms with van der Waals surface area (Å²) in [4.78, 5) is 6.90. The third kappa shape index (κ3) is 2.10. The fourth-order valence-electron chi connectivity index (χ4n) is 1.91. The average molecular weight is 292 g/mol. The number of hydrogen-bond acceptors (Lipinski definition) is 5. The van der Waals surface area contributed by atoms with Crippen LogP contribution in [0.2, 0.25) is 0 Å². The van der Waals surface area contributed by atoms with Crippen LogP contribution in [0.15, 0.2) is 40.0 Å². The summed E-state index contributed by atoms with van der Waals surface area (Å²) >= 11 is 0. The van der Waals surface area contributed by atoms with Crippen molar-refractivity contribution in [3.8, 4) is 0 Å². The number of aryl methyl sites for hydroxylation is 1. The maximum Gasteiger partial charge on any atom is 0.309 e. The highest BCUT2D eigenvalue weighted by Gasteiger charge is 2.21. The van der Waals surface area contributed by atoms with Crippen LogP contribution in [0, 0.1) is 6.92 Å². The molecule has 0 saturated carbocycles. The average Bonchev–Trinajstić information content (AvgIpc) is 2.94. The van der Waals surface area contributed by atoms with E-state index < -0.39 is 10.0 Å². The molecule has 0 amide bonds. The number of aromatic amines is 1. The third-order valence-electron chi connectivity index (χ3n) is 2.80. The quantitative estimate of drug-likeness (QED) is 0.637. The molecule has 0 spiro atoms. The molecular formula is C12H12N4O3S. The first-order valence-corrected chi connectivity index (χ1v) is 7.25. The number of nitrogens with one attached hydrogen (secondary N) is 2. The van der Waals surface area contributed by atoms with E-state index in [2.05, 4.69) is 14.7 Å². The Labute approximate surface area is 114 Å². The van der Waals surface area contributed by atoms with Crippen LogP contribution in [-0.4, -0.2) is 18.4 Å². The number of benzene rings is 1. The predicted octanol–water partition coefficient (Wildman–Crippen LogP) is 1.85. The van der Waals surface area contributed by atoms with E-state index >= 15 is 0 Å². The molecule has 0 radical (unpaired) electrons. The summed E-state index contributed by atoms with van der Waals surface area (Å²) < 4.78 is 31.9. The topological polar surface area (TPSA) is 114 Å². The van der Waals surface area contributed by atoms with Gasteiger partial charge in [0.25, 0.3) is 10.0 Å². The lowest BCUT2D eigenvalue weighted by Crippen LogP contribution is -2.12. The Morgan fingerprint density at radius 3 is 2.90 bits per heavy atom. The Kier molecular flexibility index (Phi) is 2.68. The van der Waals surface area contributed by atoms with E-state index in [4.69, 9.17) is 10.2 Å². The van der Waals surface area contributed by atoms with Crippen LogP contribution < -0.4 is 10.5 Å². The van der Waals surface area contributed by atoms with Crippen LogP contribution in [0.3, 0.4) is 0 Å². The molecule has 20 heavy (non-hydrogen) atoms. The number of anilines is 2. The van der Waals surface area contributed by atoms with E-state index in [9.17, 15) is 8.42 Å². The van der Waals surface area contributed by atoms with Gasteiger partial charge in [-0.1, -0.05) is 0 Å². The van der Waals surface area contributed by atoms with Crippen LogP contribution in [0.25, 0.3) is 10.9 Å². The summed E-state index contributed by atoms with van der Waals surface area (Å²) in [6.07, 6.45) is 2.77. The Morgan fingerprint density at radius 2 is 2.20 bits per heavy atom. The summed E-state index contributed by atoms with van der Waals surface area (Å²) in [6.45, 7) is 1.70. The molecule has 3 aromatic rings. The Hall–Kier alpha value is -2.48. The molecule has 8 heteroatoms. The number of aromatic nitrogens is 2. The maximum atomic E-state index is 12.3. The van der Waals surface area contributed by atoms with Gasteiger partial charge in [-0.2, -0.15) is 4.98 Å². The molecule has 4 N–H and O–H groups in total. The zero-order valence-electron chi connectivity index (χ0n) is 10.5. The molecule has 0 unspecified atom stereocenters. The second-order valence-electron chi connectivity index (χ2n) is 4.36. The Morgan fingerprint density at radius 1 is 1.40 bits per heavy atom. The van der Waals surface area contributed by atoms with E-state index in [1.54, 1.807) is 25.1 Å². The minimum atomic E-state index is -3.77. The number of sulfonamides is 1. The summed E-state index contributed by atoms with van der Waals surface area (Å²) in [5, 5.41) is 0.551. The second-order valence-corrected chi connectivity index (χ2v) is 6.01. The lowest BCUT2D eigenvalue weighted by molar-refractivity contribution is 0.569. The first kappa shape index (κ1) is 12.5. The van der Waals surface area contributed by atoms with Crippen molar-refractivity contribution in [2.75, 3.05) is 10.5 Å². The zero-order chi connectivity index (χ0) is 14.3. The lowest BCUT2D eigenvalue weighted by Gasteiger charge is -2.03. The van der Waals surface area contributed by atoms with Crippen molar-refractivity contribution in [3.05, 3.63) is 36.4 Å². The number of nitrogen functional groups attached to an aromatic ring is 1. The van der Waals surface area contributed by atoms with Crippen LogP contribution >= 0.6 is 0 Å². The van der Waals surface area contributed by atoms with Gasteiger partial charge in [0.15, 0.2) is 0 Å². The molecule has 104 valence electrons. The lowest BCUT2D eigenvalue weighted by atomic mass is 10.2. The summed E-state index contributed by atoms with van der Waals surface area (Å²) in [7, 11) is -3.77. The number of fused-ring (bicyclic) bond motifs is 1. The van der Waals surface area contributed by atoms with E-state index in [0.29, 0.717) is 22.3 Å². The van der Waals surface area contributed by atoms with Gasteiger partial charge in [-0.3, -0.25) is 0 Å². The predicted molar refractivity (Wildman–Crippen MR) is 74.8 cm³/mol. The van der Waals surface area contributed by atoms with Gasteiger partial charge in [0.05, 0.1) is 5.69 Å². The van der Waals surface area contributed by atoms with E-state index in [-0.39, 0.29) is 10.9 Å². The maximum absolute atomic E-state index is 12.3. The Bertz CT molecular complexity index is 879. The van der Waals surface area contributed by atoms with Gasteiger partial charge in [0.1, 0.15) is 11.2 Å². The van der Waals surface area contributed by atoms with Gasteiger partial charge in [0, 0.05) is 22.8 Å². The molecule has 0 aliphatic carbocycles. The molecule has 0 aliphatic heterocycles. The molecule has 0 aliphatic rings. The third-order valence-corrected chi connectivity index (χ3v) is 4.16. The largest absolute Gasteiger partial charge is 0.431 e. The van der Waals surface area contributed by atoms with E-state index in [1.807, 2.05) is 0 Å². The van der Waals surface area contributed by atoms with E-state index in [1.165, 1.54) is 12.5 Å². The highest BCUT2D eigenvalue weighted by Crippen LogP contribution is 2.26. The first-order chi connectivity index (χ1) is 9.45. The molecular weight excluding hydrogens is 280 g/mol. The monoisotopic (exact) mass is 292 g/mol. The molecule has 0 fully saturated rings. The summed E-state index contributed by atoms with van der Waals surface area (Å²) in [5.74, 6) is 0. The molecule has 1 aromatic carbocycles. The fraction of sp³-hybridized carbons (Fsp3) is 0.0833. The minimum absolute atomic E-state index is 0.0627. The standard InChI is InChI=1S/C12H12N4O3S/c1-7-6-19-12(15-7)16-20(17,18)11-5-14-10-4-8(13)2-3-9(10)11/h2-6,14H,13H2,1H3,(H,15,16). The van der Waals surface area contributed by atoms with E-state index in [0.717, 1.165) is 0 Å². The smallest absolute Gasteiger partial charge is 0.309 e. The second kappa shape index (κ2) is 4.27. The van der Waals surface area contributed by atoms with Crippen LogP contribution in [-0.2, 0) is 10.0 Å². The number of hydrogen-bond donors (Lipinski definition) is 3. The highest BCUT2D eigenvalue weighted by atomic mass is 32.2. The SMILES string of the molecule is Cc1coc(NS(=O)(=O)c2c[nH]c3cc(N)ccc23)n1. The molecule has 0 atom stereocenters. The van der Waals surface area contributed by atoms with Gasteiger partial charge < -0.3 is 15.1 Å². The number of nitrogens with two attached hydrogens (primary N) is 1. The Balaban J connectivity index is 2.05. The number of H-pyrrole nitrogens is 1. The van der Waals surface area contributed by atoms with Crippen LogP contribution in [0.1, 0.15) is 5.69 Å². The van der Waals surface area contributed by atoms with Gasteiger partial charge in [-0.05, 0) is 25.1 Å². The van der Waals surface area contributed by atoms with Gasteiger partial charge >= 0.3 is 6.01 Å². The van der Waals surface area contributed by atoms with Crippen molar-refractivity contribution >= 4 is 32.6 Å². The van der Waals surface area contributed by atoms with Gasteiger partial charge in [0.2, 0.25) is 0 Å². The zero-order valence-corrected chi connectivity index (χ0v) is 11.4. The van der Waals surface area contributed by atoms with Crippen molar-refractivity contribution in [2.45, 2.75) is 11.8 Å².